The van der Waals surface area contributed by atoms with Gasteiger partial charge in [-0.3, -0.25) is 9.69 Å². The van der Waals surface area contributed by atoms with Crippen molar-refractivity contribution in [3.8, 4) is 5.75 Å². The van der Waals surface area contributed by atoms with E-state index in [-0.39, 0.29) is 18.1 Å². The number of benzene rings is 2. The van der Waals surface area contributed by atoms with E-state index in [0.29, 0.717) is 11.3 Å². The number of rotatable bonds is 2. The summed E-state index contributed by atoms with van der Waals surface area (Å²) in [5.41, 5.74) is 1.96. The van der Waals surface area contributed by atoms with Gasteiger partial charge in [-0.05, 0) is 17.7 Å². The first-order valence-corrected chi connectivity index (χ1v) is 8.01. The molecule has 0 bridgehead atoms. The molecule has 2 heterocycles. The SMILES string of the molecule is CN1C(=O)c2ccccc2OC2CN(Cc3ccccc3)CC21. The average molecular weight is 308 g/mol. The zero-order chi connectivity index (χ0) is 15.8. The molecule has 0 radical (unpaired) electrons. The van der Waals surface area contributed by atoms with Crippen LogP contribution in [0.1, 0.15) is 15.9 Å². The minimum Gasteiger partial charge on any atom is -0.486 e. The minimum absolute atomic E-state index is 0.0244. The van der Waals surface area contributed by atoms with Gasteiger partial charge in [0.05, 0.1) is 11.6 Å². The zero-order valence-corrected chi connectivity index (χ0v) is 13.2. The number of likely N-dealkylation sites (tertiary alicyclic amines) is 1. The Hall–Kier alpha value is -2.33. The molecule has 2 aromatic carbocycles. The molecule has 4 nitrogen and oxygen atoms in total. The van der Waals surface area contributed by atoms with Crippen LogP contribution in [0.2, 0.25) is 0 Å². The van der Waals surface area contributed by atoms with Crippen molar-refractivity contribution in [1.82, 2.24) is 9.80 Å². The van der Waals surface area contributed by atoms with Crippen LogP contribution in [0.5, 0.6) is 5.75 Å². The van der Waals surface area contributed by atoms with Gasteiger partial charge in [-0.15, -0.1) is 0 Å². The maximum atomic E-state index is 12.7. The van der Waals surface area contributed by atoms with Crippen molar-refractivity contribution in [2.75, 3.05) is 20.1 Å². The topological polar surface area (TPSA) is 32.8 Å². The van der Waals surface area contributed by atoms with E-state index in [1.54, 1.807) is 0 Å². The predicted octanol–water partition coefficient (Wildman–Crippen LogP) is 2.40. The summed E-state index contributed by atoms with van der Waals surface area (Å²) in [5, 5.41) is 0. The Bertz CT molecular complexity index is 716. The molecule has 2 unspecified atom stereocenters. The highest BCUT2D eigenvalue weighted by Gasteiger charge is 2.41. The van der Waals surface area contributed by atoms with E-state index in [2.05, 4.69) is 29.2 Å². The van der Waals surface area contributed by atoms with Gasteiger partial charge in [-0.1, -0.05) is 42.5 Å². The Morgan fingerprint density at radius 2 is 1.78 bits per heavy atom. The van der Waals surface area contributed by atoms with Crippen molar-refractivity contribution in [2.45, 2.75) is 18.7 Å². The molecule has 2 aliphatic rings. The molecule has 0 aromatic heterocycles. The zero-order valence-electron chi connectivity index (χ0n) is 13.2. The van der Waals surface area contributed by atoms with Crippen LogP contribution in [-0.2, 0) is 6.54 Å². The van der Waals surface area contributed by atoms with E-state index in [4.69, 9.17) is 4.74 Å². The van der Waals surface area contributed by atoms with Gasteiger partial charge in [0.25, 0.3) is 5.91 Å². The first-order valence-electron chi connectivity index (χ1n) is 8.01. The third-order valence-electron chi connectivity index (χ3n) is 4.78. The number of carbonyl (C=O) groups excluding carboxylic acids is 1. The first kappa shape index (κ1) is 14.3. The molecule has 2 aromatic rings. The van der Waals surface area contributed by atoms with Crippen LogP contribution in [0.25, 0.3) is 0 Å². The smallest absolute Gasteiger partial charge is 0.257 e. The van der Waals surface area contributed by atoms with Crippen molar-refractivity contribution in [3.05, 3.63) is 65.7 Å². The molecule has 0 saturated carbocycles. The summed E-state index contributed by atoms with van der Waals surface area (Å²) in [4.78, 5) is 16.9. The summed E-state index contributed by atoms with van der Waals surface area (Å²) in [6, 6.07) is 18.1. The lowest BCUT2D eigenvalue weighted by molar-refractivity contribution is 0.0682. The second-order valence-corrected chi connectivity index (χ2v) is 6.32. The van der Waals surface area contributed by atoms with E-state index < -0.39 is 0 Å². The van der Waals surface area contributed by atoms with Crippen LogP contribution in [-0.4, -0.2) is 48.0 Å². The standard InChI is InChI=1S/C19H20N2O2/c1-20-16-12-21(11-14-7-3-2-4-8-14)13-18(16)23-17-10-6-5-9-15(17)19(20)22/h2-10,16,18H,11-13H2,1H3. The number of para-hydroxylation sites is 1. The van der Waals surface area contributed by atoms with Crippen LogP contribution in [0.15, 0.2) is 54.6 Å². The van der Waals surface area contributed by atoms with Gasteiger partial charge in [0.2, 0.25) is 0 Å². The minimum atomic E-state index is 0.0244. The summed E-state index contributed by atoms with van der Waals surface area (Å²) in [5.74, 6) is 0.757. The van der Waals surface area contributed by atoms with Crippen LogP contribution < -0.4 is 4.74 Å². The molecule has 0 N–H and O–H groups in total. The van der Waals surface area contributed by atoms with Crippen molar-refractivity contribution in [2.24, 2.45) is 0 Å². The Labute approximate surface area is 136 Å². The first-order chi connectivity index (χ1) is 11.2. The van der Waals surface area contributed by atoms with E-state index >= 15 is 0 Å². The monoisotopic (exact) mass is 308 g/mol. The van der Waals surface area contributed by atoms with Gasteiger partial charge >= 0.3 is 0 Å². The summed E-state index contributed by atoms with van der Waals surface area (Å²) in [6.45, 7) is 2.57. The molecule has 1 fully saturated rings. The van der Waals surface area contributed by atoms with Gasteiger partial charge in [-0.2, -0.15) is 0 Å². The normalized spacial score (nSPS) is 23.9. The fraction of sp³-hybridized carbons (Fsp3) is 0.316. The van der Waals surface area contributed by atoms with E-state index in [1.165, 1.54) is 5.56 Å². The Morgan fingerprint density at radius 1 is 1.04 bits per heavy atom. The van der Waals surface area contributed by atoms with Crippen LogP contribution in [0.3, 0.4) is 0 Å². The number of hydrogen-bond donors (Lipinski definition) is 0. The quantitative estimate of drug-likeness (QED) is 0.854. The molecule has 1 amide bonds. The third-order valence-corrected chi connectivity index (χ3v) is 4.78. The fourth-order valence-electron chi connectivity index (χ4n) is 3.54. The summed E-state index contributed by atoms with van der Waals surface area (Å²) < 4.78 is 6.19. The summed E-state index contributed by atoms with van der Waals surface area (Å²) in [7, 11) is 1.89. The molecule has 1 saturated heterocycles. The molecule has 4 rings (SSSR count). The number of likely N-dealkylation sites (N-methyl/N-ethyl adjacent to an activating group) is 1. The van der Waals surface area contributed by atoms with Crippen molar-refractivity contribution in [3.63, 3.8) is 0 Å². The lowest BCUT2D eigenvalue weighted by Crippen LogP contribution is -2.44. The Balaban J connectivity index is 1.57. The number of nitrogens with zero attached hydrogens (tertiary/aromatic N) is 2. The summed E-state index contributed by atoms with van der Waals surface area (Å²) >= 11 is 0. The Kier molecular flexibility index (Phi) is 3.54. The van der Waals surface area contributed by atoms with Gasteiger partial charge in [0.1, 0.15) is 11.9 Å². The maximum absolute atomic E-state index is 12.7. The number of fused-ring (bicyclic) bond motifs is 2. The van der Waals surface area contributed by atoms with Gasteiger partial charge in [0.15, 0.2) is 0 Å². The largest absolute Gasteiger partial charge is 0.486 e. The highest BCUT2D eigenvalue weighted by molar-refractivity contribution is 5.97. The number of amides is 1. The highest BCUT2D eigenvalue weighted by atomic mass is 16.5. The Morgan fingerprint density at radius 3 is 2.61 bits per heavy atom. The van der Waals surface area contributed by atoms with E-state index in [9.17, 15) is 4.79 Å². The fourth-order valence-corrected chi connectivity index (χ4v) is 3.54. The molecule has 0 aliphatic carbocycles. The second-order valence-electron chi connectivity index (χ2n) is 6.32. The molecule has 0 spiro atoms. The molecule has 118 valence electrons. The van der Waals surface area contributed by atoms with Gasteiger partial charge < -0.3 is 9.64 Å². The molecule has 2 atom stereocenters. The maximum Gasteiger partial charge on any atom is 0.257 e. The van der Waals surface area contributed by atoms with Gasteiger partial charge in [0, 0.05) is 26.7 Å². The molecular formula is C19H20N2O2. The number of ether oxygens (including phenoxy) is 1. The second kappa shape index (κ2) is 5.70. The number of carbonyl (C=O) groups is 1. The van der Waals surface area contributed by atoms with Crippen molar-refractivity contribution in [1.29, 1.82) is 0 Å². The van der Waals surface area contributed by atoms with E-state index in [0.717, 1.165) is 19.6 Å². The van der Waals surface area contributed by atoms with Crippen LogP contribution >= 0.6 is 0 Å². The summed E-state index contributed by atoms with van der Waals surface area (Å²) in [6.07, 6.45) is 0.0244. The third kappa shape index (κ3) is 2.59. The van der Waals surface area contributed by atoms with Crippen molar-refractivity contribution >= 4 is 5.91 Å². The van der Waals surface area contributed by atoms with Crippen LogP contribution in [0, 0.1) is 0 Å². The molecule has 4 heteroatoms. The predicted molar refractivity (Wildman–Crippen MR) is 88.5 cm³/mol. The van der Waals surface area contributed by atoms with E-state index in [1.807, 2.05) is 42.3 Å². The lowest BCUT2D eigenvalue weighted by atomic mass is 10.1. The molecule has 23 heavy (non-hydrogen) atoms. The number of hydrogen-bond acceptors (Lipinski definition) is 3. The molecular weight excluding hydrogens is 288 g/mol. The highest BCUT2D eigenvalue weighted by Crippen LogP contribution is 2.30. The van der Waals surface area contributed by atoms with Crippen molar-refractivity contribution < 1.29 is 9.53 Å². The van der Waals surface area contributed by atoms with Crippen LogP contribution in [0.4, 0.5) is 0 Å². The average Bonchev–Trinajstić information content (AvgIpc) is 2.93. The van der Waals surface area contributed by atoms with Gasteiger partial charge in [-0.25, -0.2) is 0 Å². The molecule has 2 aliphatic heterocycles. The lowest BCUT2D eigenvalue weighted by Gasteiger charge is -2.25.